The number of methoxy groups -OCH3 is 1. The Morgan fingerprint density at radius 2 is 1.81 bits per heavy atom. The van der Waals surface area contributed by atoms with Crippen LogP contribution in [0.1, 0.15) is 16.2 Å². The van der Waals surface area contributed by atoms with E-state index >= 15 is 0 Å². The molecule has 1 heterocycles. The molecule has 0 spiro atoms. The lowest BCUT2D eigenvalue weighted by Gasteiger charge is -2.11. The first-order valence-corrected chi connectivity index (χ1v) is 12.9. The van der Waals surface area contributed by atoms with E-state index in [0.717, 1.165) is 10.2 Å². The van der Waals surface area contributed by atoms with E-state index in [4.69, 9.17) is 16.3 Å². The lowest BCUT2D eigenvalue weighted by molar-refractivity contribution is -0.113. The Bertz CT molecular complexity index is 1370. The molecule has 0 aliphatic rings. The second kappa shape index (κ2) is 12.1. The Labute approximate surface area is 225 Å². The molecule has 0 saturated carbocycles. The number of thioether (sulfide) groups is 1. The van der Waals surface area contributed by atoms with Gasteiger partial charge in [0.15, 0.2) is 11.0 Å². The molecule has 11 heteroatoms. The summed E-state index contributed by atoms with van der Waals surface area (Å²) in [6.07, 6.45) is 0. The first-order valence-electron chi connectivity index (χ1n) is 10.7. The molecule has 0 unspecified atom stereocenters. The van der Waals surface area contributed by atoms with Gasteiger partial charge in [-0.2, -0.15) is 0 Å². The lowest BCUT2D eigenvalue weighted by Crippen LogP contribution is -2.25. The second-order valence-electron chi connectivity index (χ2n) is 7.44. The third kappa shape index (κ3) is 6.45. The molecule has 1 aromatic heterocycles. The number of para-hydroxylation sites is 1. The summed E-state index contributed by atoms with van der Waals surface area (Å²) in [5.74, 6) is 0.819. The number of anilines is 1. The van der Waals surface area contributed by atoms with Gasteiger partial charge in [-0.1, -0.05) is 57.5 Å². The fraction of sp³-hybridized carbons (Fsp3) is 0.120. The summed E-state index contributed by atoms with van der Waals surface area (Å²) < 4.78 is 7.70. The first-order chi connectivity index (χ1) is 17.4. The fourth-order valence-electron chi connectivity index (χ4n) is 3.27. The molecule has 0 saturated heterocycles. The number of carbonyl (C=O) groups is 2. The summed E-state index contributed by atoms with van der Waals surface area (Å²) in [6, 6.07) is 21.7. The van der Waals surface area contributed by atoms with Crippen LogP contribution in [0.4, 0.5) is 5.69 Å². The minimum Gasteiger partial charge on any atom is -0.497 e. The van der Waals surface area contributed by atoms with Crippen LogP contribution in [-0.2, 0) is 11.3 Å². The summed E-state index contributed by atoms with van der Waals surface area (Å²) in [6.45, 7) is 0.113. The zero-order valence-electron chi connectivity index (χ0n) is 19.1. The number of ether oxygens (including phenoxy) is 1. The van der Waals surface area contributed by atoms with Crippen LogP contribution in [-0.4, -0.2) is 39.4 Å². The molecule has 2 N–H and O–H groups in total. The van der Waals surface area contributed by atoms with Gasteiger partial charge < -0.3 is 15.4 Å². The molecule has 0 bridgehead atoms. The molecule has 3 aromatic carbocycles. The van der Waals surface area contributed by atoms with Crippen molar-refractivity contribution in [3.63, 3.8) is 0 Å². The molecule has 4 aromatic rings. The zero-order chi connectivity index (χ0) is 25.5. The van der Waals surface area contributed by atoms with Crippen LogP contribution in [0.25, 0.3) is 5.69 Å². The number of carbonyl (C=O) groups excluding carboxylic acids is 2. The number of nitrogens with zero attached hydrogens (tertiary/aromatic N) is 3. The molecule has 36 heavy (non-hydrogen) atoms. The van der Waals surface area contributed by atoms with Crippen molar-refractivity contribution in [1.29, 1.82) is 0 Å². The normalized spacial score (nSPS) is 10.6. The maximum absolute atomic E-state index is 12.7. The van der Waals surface area contributed by atoms with Crippen LogP contribution < -0.4 is 15.4 Å². The summed E-state index contributed by atoms with van der Waals surface area (Å²) in [7, 11) is 1.59. The van der Waals surface area contributed by atoms with Crippen LogP contribution in [0.15, 0.2) is 82.4 Å². The highest BCUT2D eigenvalue weighted by Crippen LogP contribution is 2.24. The molecule has 8 nitrogen and oxygen atoms in total. The second-order valence-corrected chi connectivity index (χ2v) is 9.71. The Balaban J connectivity index is 1.47. The molecule has 0 atom stereocenters. The van der Waals surface area contributed by atoms with Crippen molar-refractivity contribution in [3.05, 3.63) is 93.7 Å². The fourth-order valence-corrected chi connectivity index (χ4v) is 4.61. The van der Waals surface area contributed by atoms with Gasteiger partial charge in [0.2, 0.25) is 5.91 Å². The van der Waals surface area contributed by atoms with Crippen molar-refractivity contribution in [2.75, 3.05) is 18.2 Å². The quantitative estimate of drug-likeness (QED) is 0.257. The van der Waals surface area contributed by atoms with Gasteiger partial charge in [0.05, 0.1) is 30.0 Å². The number of amides is 2. The van der Waals surface area contributed by atoms with E-state index in [9.17, 15) is 9.59 Å². The van der Waals surface area contributed by atoms with Crippen LogP contribution in [0.5, 0.6) is 5.75 Å². The maximum atomic E-state index is 12.7. The average molecular weight is 587 g/mol. The molecular formula is C25H21BrClN5O3S. The summed E-state index contributed by atoms with van der Waals surface area (Å²) >= 11 is 10.8. The van der Waals surface area contributed by atoms with Crippen molar-refractivity contribution in [2.24, 2.45) is 0 Å². The Morgan fingerprint density at radius 3 is 2.53 bits per heavy atom. The standard InChI is InChI=1S/C25H21BrClN5O3S/c1-35-19-10-8-17(9-11-19)29-23(33)15-36-25-31-30-22(32(25)18-5-3-2-4-6-18)14-28-24(34)20-13-16(26)7-12-21(20)27/h2-13H,14-15H2,1H3,(H,28,34)(H,29,33). The minimum absolute atomic E-state index is 0.113. The van der Waals surface area contributed by atoms with Crippen molar-refractivity contribution in [3.8, 4) is 11.4 Å². The van der Waals surface area contributed by atoms with Gasteiger partial charge in [0, 0.05) is 15.8 Å². The number of nitrogens with one attached hydrogen (secondary N) is 2. The monoisotopic (exact) mass is 585 g/mol. The maximum Gasteiger partial charge on any atom is 0.253 e. The predicted octanol–water partition coefficient (Wildman–Crippen LogP) is 5.35. The van der Waals surface area contributed by atoms with E-state index in [1.807, 2.05) is 34.9 Å². The van der Waals surface area contributed by atoms with Crippen molar-refractivity contribution in [1.82, 2.24) is 20.1 Å². The Hall–Kier alpha value is -3.34. The number of benzene rings is 3. The molecule has 4 rings (SSSR count). The predicted molar refractivity (Wildman–Crippen MR) is 144 cm³/mol. The third-order valence-corrected chi connectivity index (χ3v) is 6.75. The third-order valence-electron chi connectivity index (χ3n) is 5.00. The highest BCUT2D eigenvalue weighted by Gasteiger charge is 2.18. The molecule has 184 valence electrons. The Kier molecular flexibility index (Phi) is 8.63. The minimum atomic E-state index is -0.336. The Morgan fingerprint density at radius 1 is 1.06 bits per heavy atom. The molecular weight excluding hydrogens is 566 g/mol. The lowest BCUT2D eigenvalue weighted by atomic mass is 10.2. The van der Waals surface area contributed by atoms with E-state index in [-0.39, 0.29) is 24.1 Å². The van der Waals surface area contributed by atoms with E-state index in [1.54, 1.807) is 49.6 Å². The number of rotatable bonds is 9. The SMILES string of the molecule is COc1ccc(NC(=O)CSc2nnc(CNC(=O)c3cc(Br)ccc3Cl)n2-c2ccccc2)cc1. The molecule has 0 aliphatic heterocycles. The number of halogens is 2. The average Bonchev–Trinajstić information content (AvgIpc) is 3.31. The molecule has 2 amide bonds. The highest BCUT2D eigenvalue weighted by atomic mass is 79.9. The van der Waals surface area contributed by atoms with Gasteiger partial charge in [-0.3, -0.25) is 14.2 Å². The smallest absolute Gasteiger partial charge is 0.253 e. The van der Waals surface area contributed by atoms with Gasteiger partial charge in [-0.25, -0.2) is 0 Å². The van der Waals surface area contributed by atoms with E-state index < -0.39 is 0 Å². The van der Waals surface area contributed by atoms with Gasteiger partial charge >= 0.3 is 0 Å². The number of aromatic nitrogens is 3. The zero-order valence-corrected chi connectivity index (χ0v) is 22.2. The molecule has 0 radical (unpaired) electrons. The molecule has 0 aliphatic carbocycles. The van der Waals surface area contributed by atoms with Crippen molar-refractivity contribution in [2.45, 2.75) is 11.7 Å². The summed E-state index contributed by atoms with van der Waals surface area (Å²) in [5, 5.41) is 15.1. The van der Waals surface area contributed by atoms with E-state index in [0.29, 0.717) is 33.0 Å². The van der Waals surface area contributed by atoms with Crippen molar-refractivity contribution < 1.29 is 14.3 Å². The number of hydrogen-bond donors (Lipinski definition) is 2. The van der Waals surface area contributed by atoms with Gasteiger partial charge in [0.1, 0.15) is 5.75 Å². The van der Waals surface area contributed by atoms with Crippen molar-refractivity contribution >= 4 is 56.8 Å². The highest BCUT2D eigenvalue weighted by molar-refractivity contribution is 9.10. The van der Waals surface area contributed by atoms with Crippen LogP contribution in [0.3, 0.4) is 0 Å². The molecule has 0 fully saturated rings. The van der Waals surface area contributed by atoms with Crippen LogP contribution in [0.2, 0.25) is 5.02 Å². The van der Waals surface area contributed by atoms with Gasteiger partial charge in [0.25, 0.3) is 5.91 Å². The number of hydrogen-bond acceptors (Lipinski definition) is 6. The van der Waals surface area contributed by atoms with Crippen LogP contribution in [0, 0.1) is 0 Å². The summed E-state index contributed by atoms with van der Waals surface area (Å²) in [4.78, 5) is 25.3. The van der Waals surface area contributed by atoms with E-state index in [1.165, 1.54) is 11.8 Å². The van der Waals surface area contributed by atoms with E-state index in [2.05, 4.69) is 36.8 Å². The first kappa shape index (κ1) is 25.7. The topological polar surface area (TPSA) is 98.1 Å². The van der Waals surface area contributed by atoms with Gasteiger partial charge in [-0.15, -0.1) is 10.2 Å². The van der Waals surface area contributed by atoms with Gasteiger partial charge in [-0.05, 0) is 54.6 Å². The largest absolute Gasteiger partial charge is 0.497 e. The summed E-state index contributed by atoms with van der Waals surface area (Å²) in [5.41, 5.74) is 1.83. The van der Waals surface area contributed by atoms with Crippen LogP contribution >= 0.6 is 39.3 Å².